The number of anilines is 1. The van der Waals surface area contributed by atoms with Gasteiger partial charge in [0.25, 0.3) is 0 Å². The largest absolute Gasteiger partial charge is 0.462 e. The number of nitrogens with zero attached hydrogens (tertiary/aromatic N) is 2. The Morgan fingerprint density at radius 2 is 2.25 bits per heavy atom. The standard InChI is InChI=1S/C13H17N3O2S2/c1-5-18-13(17)10-8(3)16-20-12(10)15-9(4)11-14-7(2)6-19-11/h6,9,15H,5H2,1-4H3. The lowest BCUT2D eigenvalue weighted by Crippen LogP contribution is -2.11. The van der Waals surface area contributed by atoms with E-state index in [1.807, 2.05) is 26.2 Å². The topological polar surface area (TPSA) is 64.1 Å². The number of aromatic nitrogens is 2. The summed E-state index contributed by atoms with van der Waals surface area (Å²) in [6, 6.07) is 0.0294. The van der Waals surface area contributed by atoms with E-state index in [4.69, 9.17) is 4.74 Å². The van der Waals surface area contributed by atoms with Crippen molar-refractivity contribution in [3.63, 3.8) is 0 Å². The lowest BCUT2D eigenvalue weighted by Gasteiger charge is -2.12. The number of esters is 1. The highest BCUT2D eigenvalue weighted by Crippen LogP contribution is 2.30. The summed E-state index contributed by atoms with van der Waals surface area (Å²) in [6.45, 7) is 7.94. The predicted molar refractivity (Wildman–Crippen MR) is 81.7 cm³/mol. The average molecular weight is 311 g/mol. The second-order valence-electron chi connectivity index (χ2n) is 4.39. The fourth-order valence-corrected chi connectivity index (χ4v) is 3.42. The van der Waals surface area contributed by atoms with E-state index >= 15 is 0 Å². The first-order valence-corrected chi connectivity index (χ1v) is 8.00. The molecule has 0 saturated heterocycles. The van der Waals surface area contributed by atoms with E-state index in [2.05, 4.69) is 14.7 Å². The number of rotatable bonds is 5. The highest BCUT2D eigenvalue weighted by molar-refractivity contribution is 7.11. The smallest absolute Gasteiger partial charge is 0.343 e. The van der Waals surface area contributed by atoms with Crippen molar-refractivity contribution in [1.82, 2.24) is 9.36 Å². The zero-order valence-electron chi connectivity index (χ0n) is 11.9. The molecule has 0 saturated carbocycles. The molecule has 0 radical (unpaired) electrons. The average Bonchev–Trinajstić information content (AvgIpc) is 2.96. The van der Waals surface area contributed by atoms with Gasteiger partial charge in [0.1, 0.15) is 15.6 Å². The predicted octanol–water partition coefficient (Wildman–Crippen LogP) is 3.57. The third-order valence-electron chi connectivity index (χ3n) is 2.70. The Labute approximate surface area is 126 Å². The van der Waals surface area contributed by atoms with E-state index in [9.17, 15) is 4.79 Å². The van der Waals surface area contributed by atoms with E-state index in [0.717, 1.165) is 15.7 Å². The summed E-state index contributed by atoms with van der Waals surface area (Å²) in [6.07, 6.45) is 0. The summed E-state index contributed by atoms with van der Waals surface area (Å²) in [4.78, 5) is 16.4. The number of carbonyl (C=O) groups is 1. The van der Waals surface area contributed by atoms with Crippen LogP contribution in [0.5, 0.6) is 0 Å². The SMILES string of the molecule is CCOC(=O)c1c(C)nsc1NC(C)c1nc(C)cs1. The molecule has 0 aliphatic heterocycles. The molecule has 0 aliphatic rings. The summed E-state index contributed by atoms with van der Waals surface area (Å²) in [5.74, 6) is -0.330. The number of ether oxygens (including phenoxy) is 1. The maximum atomic E-state index is 12.0. The van der Waals surface area contributed by atoms with Gasteiger partial charge in [-0.2, -0.15) is 4.37 Å². The van der Waals surface area contributed by atoms with Crippen molar-refractivity contribution in [3.8, 4) is 0 Å². The van der Waals surface area contributed by atoms with Gasteiger partial charge < -0.3 is 10.1 Å². The molecule has 0 amide bonds. The molecule has 0 aromatic carbocycles. The Kier molecular flexibility index (Phi) is 4.72. The van der Waals surface area contributed by atoms with Crippen LogP contribution in [0.3, 0.4) is 0 Å². The third-order valence-corrected chi connectivity index (χ3v) is 4.71. The monoisotopic (exact) mass is 311 g/mol. The molecule has 1 atom stereocenters. The molecule has 2 heterocycles. The van der Waals surface area contributed by atoms with Crippen molar-refractivity contribution in [1.29, 1.82) is 0 Å². The molecule has 108 valence electrons. The van der Waals surface area contributed by atoms with Crippen LogP contribution in [0.2, 0.25) is 0 Å². The van der Waals surface area contributed by atoms with Gasteiger partial charge in [-0.3, -0.25) is 0 Å². The first kappa shape index (κ1) is 14.9. The van der Waals surface area contributed by atoms with Crippen LogP contribution in [0.4, 0.5) is 5.00 Å². The lowest BCUT2D eigenvalue weighted by molar-refractivity contribution is 0.0527. The van der Waals surface area contributed by atoms with E-state index < -0.39 is 0 Å². The molecule has 1 N–H and O–H groups in total. The molecule has 2 aromatic rings. The Morgan fingerprint density at radius 1 is 1.50 bits per heavy atom. The van der Waals surface area contributed by atoms with Crippen molar-refractivity contribution >= 4 is 33.8 Å². The van der Waals surface area contributed by atoms with Gasteiger partial charge in [-0.05, 0) is 39.2 Å². The Balaban J connectivity index is 2.19. The molecule has 1 unspecified atom stereocenters. The minimum atomic E-state index is -0.330. The van der Waals surface area contributed by atoms with Crippen LogP contribution in [0, 0.1) is 13.8 Å². The van der Waals surface area contributed by atoms with Crippen LogP contribution in [-0.4, -0.2) is 21.9 Å². The van der Waals surface area contributed by atoms with Crippen molar-refractivity contribution in [2.45, 2.75) is 33.7 Å². The van der Waals surface area contributed by atoms with Crippen LogP contribution in [0.1, 0.15) is 46.6 Å². The number of hydrogen-bond donors (Lipinski definition) is 1. The van der Waals surface area contributed by atoms with Gasteiger partial charge in [0, 0.05) is 11.1 Å². The van der Waals surface area contributed by atoms with Crippen LogP contribution in [-0.2, 0) is 4.74 Å². The highest BCUT2D eigenvalue weighted by atomic mass is 32.1. The second-order valence-corrected chi connectivity index (χ2v) is 6.05. The Bertz CT molecular complexity index is 607. The quantitative estimate of drug-likeness (QED) is 0.855. The van der Waals surface area contributed by atoms with Gasteiger partial charge in [0.15, 0.2) is 0 Å². The molecule has 0 fully saturated rings. The molecule has 0 bridgehead atoms. The van der Waals surface area contributed by atoms with E-state index in [0.29, 0.717) is 17.9 Å². The van der Waals surface area contributed by atoms with Gasteiger partial charge in [0.2, 0.25) is 0 Å². The number of aryl methyl sites for hydroxylation is 2. The molecule has 0 spiro atoms. The van der Waals surface area contributed by atoms with Crippen molar-refractivity contribution < 1.29 is 9.53 Å². The summed E-state index contributed by atoms with van der Waals surface area (Å²) in [5.41, 5.74) is 2.22. The van der Waals surface area contributed by atoms with E-state index in [1.165, 1.54) is 11.5 Å². The summed E-state index contributed by atoms with van der Waals surface area (Å²) in [7, 11) is 0. The number of nitrogens with one attached hydrogen (secondary N) is 1. The van der Waals surface area contributed by atoms with Crippen LogP contribution < -0.4 is 5.32 Å². The van der Waals surface area contributed by atoms with E-state index in [-0.39, 0.29) is 12.0 Å². The second kappa shape index (κ2) is 6.32. The molecule has 5 nitrogen and oxygen atoms in total. The summed E-state index contributed by atoms with van der Waals surface area (Å²) in [5, 5.41) is 7.04. The van der Waals surface area contributed by atoms with E-state index in [1.54, 1.807) is 18.3 Å². The first-order valence-electron chi connectivity index (χ1n) is 6.34. The maximum Gasteiger partial charge on any atom is 0.343 e. The highest BCUT2D eigenvalue weighted by Gasteiger charge is 2.21. The fraction of sp³-hybridized carbons (Fsp3) is 0.462. The lowest BCUT2D eigenvalue weighted by atomic mass is 10.2. The summed E-state index contributed by atoms with van der Waals surface area (Å²) < 4.78 is 9.31. The number of thiazole rings is 1. The van der Waals surface area contributed by atoms with Crippen LogP contribution >= 0.6 is 22.9 Å². The minimum absolute atomic E-state index is 0.0294. The Hall–Kier alpha value is -1.47. The zero-order chi connectivity index (χ0) is 14.7. The van der Waals surface area contributed by atoms with Crippen molar-refractivity contribution in [3.05, 3.63) is 27.3 Å². The zero-order valence-corrected chi connectivity index (χ0v) is 13.5. The van der Waals surface area contributed by atoms with Crippen molar-refractivity contribution in [2.24, 2.45) is 0 Å². The number of hydrogen-bond acceptors (Lipinski definition) is 7. The van der Waals surface area contributed by atoms with Crippen molar-refractivity contribution in [2.75, 3.05) is 11.9 Å². The molecule has 2 rings (SSSR count). The van der Waals surface area contributed by atoms with Gasteiger partial charge in [-0.25, -0.2) is 9.78 Å². The van der Waals surface area contributed by atoms with Gasteiger partial charge in [0.05, 0.1) is 18.3 Å². The Morgan fingerprint density at radius 3 is 2.85 bits per heavy atom. The van der Waals surface area contributed by atoms with Crippen LogP contribution in [0.25, 0.3) is 0 Å². The maximum absolute atomic E-state index is 12.0. The molecule has 20 heavy (non-hydrogen) atoms. The van der Waals surface area contributed by atoms with Gasteiger partial charge in [-0.1, -0.05) is 0 Å². The third kappa shape index (κ3) is 3.16. The molecule has 7 heteroatoms. The molecule has 0 aliphatic carbocycles. The number of carbonyl (C=O) groups excluding carboxylic acids is 1. The molecular weight excluding hydrogens is 294 g/mol. The fourth-order valence-electron chi connectivity index (χ4n) is 1.74. The first-order chi connectivity index (χ1) is 9.52. The van der Waals surface area contributed by atoms with Gasteiger partial charge in [-0.15, -0.1) is 11.3 Å². The molecular formula is C13H17N3O2S2. The van der Waals surface area contributed by atoms with Crippen LogP contribution in [0.15, 0.2) is 5.38 Å². The molecule has 2 aromatic heterocycles. The summed E-state index contributed by atoms with van der Waals surface area (Å²) >= 11 is 2.88. The van der Waals surface area contributed by atoms with Gasteiger partial charge >= 0.3 is 5.97 Å². The minimum Gasteiger partial charge on any atom is -0.462 e. The normalized spacial score (nSPS) is 12.2.